The molecule has 2 nitrogen and oxygen atoms in total. The van der Waals surface area contributed by atoms with Crippen LogP contribution in [-0.4, -0.2) is 25.9 Å². The smallest absolute Gasteiger partial charge is 0.00408 e. The molecule has 1 heterocycles. The van der Waals surface area contributed by atoms with Crippen molar-refractivity contribution >= 4 is 11.8 Å². The Morgan fingerprint density at radius 2 is 2.14 bits per heavy atom. The quantitative estimate of drug-likeness (QED) is 0.790. The lowest BCUT2D eigenvalue weighted by atomic mass is 9.92. The molecule has 120 valence electrons. The summed E-state index contributed by atoms with van der Waals surface area (Å²) < 4.78 is 0. The van der Waals surface area contributed by atoms with E-state index in [4.69, 9.17) is 0 Å². The number of piperidine rings is 1. The van der Waals surface area contributed by atoms with Gasteiger partial charge in [-0.25, -0.2) is 0 Å². The van der Waals surface area contributed by atoms with Gasteiger partial charge in [-0.3, -0.25) is 0 Å². The number of thioether (sulfide) groups is 1. The molecule has 2 unspecified atom stereocenters. The van der Waals surface area contributed by atoms with Gasteiger partial charge in [0.15, 0.2) is 0 Å². The second kappa shape index (κ2) is 11.9. The van der Waals surface area contributed by atoms with E-state index >= 15 is 0 Å². The van der Waals surface area contributed by atoms with Crippen LogP contribution in [0.4, 0.5) is 0 Å². The van der Waals surface area contributed by atoms with Gasteiger partial charge in [-0.1, -0.05) is 38.5 Å². The fourth-order valence-corrected chi connectivity index (χ4v) is 3.15. The Morgan fingerprint density at radius 1 is 1.38 bits per heavy atom. The molecule has 1 aliphatic carbocycles. The predicted octanol–water partition coefficient (Wildman–Crippen LogP) is 4.33. The van der Waals surface area contributed by atoms with E-state index in [0.717, 1.165) is 11.7 Å². The van der Waals surface area contributed by atoms with Gasteiger partial charge in [0.05, 0.1) is 0 Å². The second-order valence-electron chi connectivity index (χ2n) is 5.91. The van der Waals surface area contributed by atoms with Gasteiger partial charge in [0, 0.05) is 19.0 Å². The molecule has 0 aromatic carbocycles. The zero-order valence-corrected chi connectivity index (χ0v) is 14.7. The van der Waals surface area contributed by atoms with E-state index in [1.54, 1.807) is 0 Å². The molecule has 0 spiro atoms. The Labute approximate surface area is 135 Å². The highest BCUT2D eigenvalue weighted by molar-refractivity contribution is 8.02. The molecule has 2 rings (SSSR count). The first-order valence-corrected chi connectivity index (χ1v) is 9.31. The van der Waals surface area contributed by atoms with Crippen LogP contribution in [-0.2, 0) is 0 Å². The largest absolute Gasteiger partial charge is 0.394 e. The average Bonchev–Trinajstić information content (AvgIpc) is 2.54. The van der Waals surface area contributed by atoms with Gasteiger partial charge in [-0.05, 0) is 55.2 Å². The zero-order chi connectivity index (χ0) is 15.3. The van der Waals surface area contributed by atoms with E-state index in [1.807, 2.05) is 25.0 Å². The van der Waals surface area contributed by atoms with E-state index in [9.17, 15) is 0 Å². The van der Waals surface area contributed by atoms with Crippen molar-refractivity contribution < 1.29 is 0 Å². The lowest BCUT2D eigenvalue weighted by Gasteiger charge is -2.16. The summed E-state index contributed by atoms with van der Waals surface area (Å²) in [7, 11) is 1.92. The number of allylic oxidation sites excluding steroid dienone is 4. The summed E-state index contributed by atoms with van der Waals surface area (Å²) in [6.45, 7) is 7.06. The average molecular weight is 309 g/mol. The Morgan fingerprint density at radius 3 is 2.62 bits per heavy atom. The molecular formula is C18H32N2S. The van der Waals surface area contributed by atoms with Crippen molar-refractivity contribution in [3.8, 4) is 0 Å². The van der Waals surface area contributed by atoms with Crippen LogP contribution in [0.25, 0.3) is 0 Å². The third kappa shape index (κ3) is 9.05. The predicted molar refractivity (Wildman–Crippen MR) is 97.5 cm³/mol. The van der Waals surface area contributed by atoms with Crippen molar-refractivity contribution in [2.75, 3.05) is 25.9 Å². The normalized spacial score (nSPS) is 23.2. The van der Waals surface area contributed by atoms with E-state index in [-0.39, 0.29) is 0 Å². The summed E-state index contributed by atoms with van der Waals surface area (Å²) in [5.74, 6) is 2.53. The van der Waals surface area contributed by atoms with Crippen LogP contribution >= 0.6 is 11.8 Å². The SMILES string of the molecule is C1CCNCC1.CN/C=C\SCC(C)C1=CCC(C)C=C1. The molecule has 2 N–H and O–H groups in total. The highest BCUT2D eigenvalue weighted by Gasteiger charge is 2.09. The molecule has 0 aromatic heterocycles. The van der Waals surface area contributed by atoms with Crippen LogP contribution in [0.1, 0.15) is 39.5 Å². The molecule has 2 atom stereocenters. The summed E-state index contributed by atoms with van der Waals surface area (Å²) >= 11 is 1.86. The highest BCUT2D eigenvalue weighted by Crippen LogP contribution is 2.24. The third-order valence-corrected chi connectivity index (χ3v) is 4.82. The van der Waals surface area contributed by atoms with Crippen LogP contribution in [0.3, 0.4) is 0 Å². The van der Waals surface area contributed by atoms with E-state index < -0.39 is 0 Å². The topological polar surface area (TPSA) is 24.1 Å². The maximum Gasteiger partial charge on any atom is 0.00408 e. The first kappa shape index (κ1) is 18.4. The van der Waals surface area contributed by atoms with Crippen molar-refractivity contribution in [2.45, 2.75) is 39.5 Å². The van der Waals surface area contributed by atoms with Crippen molar-refractivity contribution in [3.63, 3.8) is 0 Å². The molecule has 1 aliphatic heterocycles. The molecule has 0 amide bonds. The minimum atomic E-state index is 0.653. The first-order chi connectivity index (χ1) is 10.2. The van der Waals surface area contributed by atoms with Gasteiger partial charge in [-0.2, -0.15) is 0 Å². The molecule has 0 saturated carbocycles. The Kier molecular flexibility index (Phi) is 10.4. The summed E-state index contributed by atoms with van der Waals surface area (Å²) in [5.41, 5.74) is 1.50. The maximum absolute atomic E-state index is 3.28. The zero-order valence-electron chi connectivity index (χ0n) is 13.9. The van der Waals surface area contributed by atoms with Crippen molar-refractivity contribution in [1.82, 2.24) is 10.6 Å². The Bertz CT molecular complexity index is 332. The highest BCUT2D eigenvalue weighted by atomic mass is 32.2. The van der Waals surface area contributed by atoms with E-state index in [0.29, 0.717) is 5.92 Å². The summed E-state index contributed by atoms with van der Waals surface area (Å²) in [6, 6.07) is 0. The van der Waals surface area contributed by atoms with Crippen molar-refractivity contribution in [2.24, 2.45) is 11.8 Å². The monoisotopic (exact) mass is 308 g/mol. The molecule has 2 aliphatic rings. The first-order valence-electron chi connectivity index (χ1n) is 8.27. The number of nitrogens with one attached hydrogen (secondary N) is 2. The van der Waals surface area contributed by atoms with Crippen LogP contribution in [0.15, 0.2) is 35.4 Å². The van der Waals surface area contributed by atoms with Crippen LogP contribution in [0.5, 0.6) is 0 Å². The molecule has 3 heteroatoms. The summed E-state index contributed by atoms with van der Waals surface area (Å²) in [4.78, 5) is 0. The standard InChI is InChI=1S/C13H21NS.C5H11N/c1-11-4-6-13(7-5-11)12(2)10-15-9-8-14-3;1-2-4-6-5-3-1/h4,6-9,11-12,14H,5,10H2,1-3H3;6H,1-5H2/b9-8-;. The van der Waals surface area contributed by atoms with Gasteiger partial charge in [-0.15, -0.1) is 11.8 Å². The van der Waals surface area contributed by atoms with Gasteiger partial charge >= 0.3 is 0 Å². The van der Waals surface area contributed by atoms with E-state index in [2.05, 4.69) is 48.1 Å². The van der Waals surface area contributed by atoms with Crippen LogP contribution < -0.4 is 10.6 Å². The summed E-state index contributed by atoms with van der Waals surface area (Å²) in [5, 5.41) is 8.40. The van der Waals surface area contributed by atoms with Gasteiger partial charge in [0.2, 0.25) is 0 Å². The van der Waals surface area contributed by atoms with E-state index in [1.165, 1.54) is 44.3 Å². The molecule has 21 heavy (non-hydrogen) atoms. The number of hydrogen-bond donors (Lipinski definition) is 2. The van der Waals surface area contributed by atoms with Gasteiger partial charge in [0.1, 0.15) is 0 Å². The number of rotatable bonds is 5. The van der Waals surface area contributed by atoms with Crippen molar-refractivity contribution in [1.29, 1.82) is 0 Å². The molecule has 1 saturated heterocycles. The summed E-state index contributed by atoms with van der Waals surface area (Å²) in [6.07, 6.45) is 14.4. The minimum absolute atomic E-state index is 0.653. The second-order valence-corrected chi connectivity index (χ2v) is 6.85. The molecule has 0 radical (unpaired) electrons. The van der Waals surface area contributed by atoms with Gasteiger partial charge < -0.3 is 10.6 Å². The fourth-order valence-electron chi connectivity index (χ4n) is 2.32. The molecule has 0 bridgehead atoms. The Balaban J connectivity index is 0.000000304. The minimum Gasteiger partial charge on any atom is -0.394 e. The van der Waals surface area contributed by atoms with Gasteiger partial charge in [0.25, 0.3) is 0 Å². The lowest BCUT2D eigenvalue weighted by Crippen LogP contribution is -2.21. The Hall–Kier alpha value is -0.670. The van der Waals surface area contributed by atoms with Crippen LogP contribution in [0, 0.1) is 11.8 Å². The number of hydrogen-bond acceptors (Lipinski definition) is 3. The lowest BCUT2D eigenvalue weighted by molar-refractivity contribution is 0.520. The molecule has 0 aromatic rings. The fraction of sp³-hybridized carbons (Fsp3) is 0.667. The molecular weight excluding hydrogens is 276 g/mol. The van der Waals surface area contributed by atoms with Crippen LogP contribution in [0.2, 0.25) is 0 Å². The third-order valence-electron chi connectivity index (χ3n) is 3.80. The molecule has 1 fully saturated rings. The maximum atomic E-state index is 3.28. The van der Waals surface area contributed by atoms with Crippen molar-refractivity contribution in [3.05, 3.63) is 35.4 Å².